The van der Waals surface area contributed by atoms with Crippen molar-refractivity contribution in [3.63, 3.8) is 0 Å². The average molecular weight is 581 g/mol. The third-order valence-corrected chi connectivity index (χ3v) is 8.56. The van der Waals surface area contributed by atoms with Gasteiger partial charge >= 0.3 is 0 Å². The van der Waals surface area contributed by atoms with Gasteiger partial charge in [0.05, 0.1) is 5.69 Å². The fourth-order valence-electron chi connectivity index (χ4n) is 5.91. The van der Waals surface area contributed by atoms with Gasteiger partial charge in [-0.1, -0.05) is 50.4 Å². The number of nitrogens with zero attached hydrogens (tertiary/aromatic N) is 3. The Morgan fingerprint density at radius 2 is 1.67 bits per heavy atom. The topological polar surface area (TPSA) is 137 Å². The second-order valence-corrected chi connectivity index (χ2v) is 11.6. The number of piperazine rings is 1. The van der Waals surface area contributed by atoms with Crippen molar-refractivity contribution in [2.24, 2.45) is 5.92 Å². The molecule has 0 spiro atoms. The number of hydrogen-bond acceptors (Lipinski definition) is 7. The molecule has 228 valence electrons. The summed E-state index contributed by atoms with van der Waals surface area (Å²) in [6.07, 6.45) is 6.77. The Bertz CT molecular complexity index is 1230. The molecule has 11 heteroatoms. The maximum absolute atomic E-state index is 13.5. The van der Waals surface area contributed by atoms with E-state index in [0.29, 0.717) is 36.5 Å². The van der Waals surface area contributed by atoms with Crippen LogP contribution in [0.5, 0.6) is 0 Å². The zero-order chi connectivity index (χ0) is 30.2. The lowest BCUT2D eigenvalue weighted by molar-refractivity contribution is -0.138. The van der Waals surface area contributed by atoms with Crippen molar-refractivity contribution in [1.29, 1.82) is 0 Å². The lowest BCUT2D eigenvalue weighted by atomic mass is 9.83. The second kappa shape index (κ2) is 14.4. The fraction of sp³-hybridized carbons (Fsp3) is 0.581. The van der Waals surface area contributed by atoms with Gasteiger partial charge in [0.1, 0.15) is 23.9 Å². The molecule has 11 nitrogen and oxygen atoms in total. The first-order chi connectivity index (χ1) is 20.2. The summed E-state index contributed by atoms with van der Waals surface area (Å²) in [7, 11) is 2.03. The molecule has 3 N–H and O–H groups in total. The minimum atomic E-state index is -0.693. The predicted molar refractivity (Wildman–Crippen MR) is 159 cm³/mol. The standard InChI is InChI=1S/C31H44N6O5/c1-5-26-25(19-42-35-26)29(39)34-28(23-9-7-6-8-10-23)30(40)33-24-13-11-22(12-14-24)20(2)27(32-21(3)38)31(41)37-17-15-36(4)16-18-37/h11-14,19-20,23,27-28H,5-10,15-18H2,1-4H3,(H,32,38)(H,33,40)(H,34,39)/t20-,27+,28-/m0/s1. The van der Waals surface area contributed by atoms with Crippen molar-refractivity contribution in [2.45, 2.75) is 77.3 Å². The Labute approximate surface area is 247 Å². The first kappa shape index (κ1) is 31.2. The van der Waals surface area contributed by atoms with Crippen LogP contribution in [0.15, 0.2) is 35.1 Å². The number of likely N-dealkylation sites (N-methyl/N-ethyl adjacent to an activating group) is 1. The normalized spacial score (nSPS) is 18.5. The van der Waals surface area contributed by atoms with E-state index >= 15 is 0 Å². The summed E-state index contributed by atoms with van der Waals surface area (Å²) in [4.78, 5) is 56.0. The van der Waals surface area contributed by atoms with E-state index in [0.717, 1.165) is 50.8 Å². The number of benzene rings is 1. The van der Waals surface area contributed by atoms with Gasteiger partial charge in [-0.25, -0.2) is 0 Å². The van der Waals surface area contributed by atoms with E-state index in [1.165, 1.54) is 13.2 Å². The highest BCUT2D eigenvalue weighted by Crippen LogP contribution is 2.28. The summed E-state index contributed by atoms with van der Waals surface area (Å²) in [6, 6.07) is 5.94. The van der Waals surface area contributed by atoms with E-state index in [1.54, 1.807) is 12.1 Å². The number of rotatable bonds is 10. The lowest BCUT2D eigenvalue weighted by Crippen LogP contribution is -2.55. The predicted octanol–water partition coefficient (Wildman–Crippen LogP) is 2.94. The maximum Gasteiger partial charge on any atom is 0.257 e. The Kier molecular flexibility index (Phi) is 10.7. The number of hydrogen-bond donors (Lipinski definition) is 3. The molecule has 2 heterocycles. The van der Waals surface area contributed by atoms with Crippen molar-refractivity contribution in [2.75, 3.05) is 38.5 Å². The number of carbonyl (C=O) groups is 4. The highest BCUT2D eigenvalue weighted by atomic mass is 16.5. The SMILES string of the molecule is CCc1nocc1C(=O)N[C@H](C(=O)Nc1ccc([C@H](C)[C@@H](NC(C)=O)C(=O)N2CCN(C)CC2)cc1)C1CCCCC1. The van der Waals surface area contributed by atoms with Crippen LogP contribution in [0.3, 0.4) is 0 Å². The smallest absolute Gasteiger partial charge is 0.257 e. The summed E-state index contributed by atoms with van der Waals surface area (Å²) >= 11 is 0. The molecular formula is C31H44N6O5. The minimum absolute atomic E-state index is 0.0333. The van der Waals surface area contributed by atoms with Gasteiger partial charge in [0.25, 0.3) is 5.91 Å². The second-order valence-electron chi connectivity index (χ2n) is 11.6. The van der Waals surface area contributed by atoms with Gasteiger partial charge in [-0.15, -0.1) is 0 Å². The van der Waals surface area contributed by atoms with Gasteiger partial charge in [0.2, 0.25) is 17.7 Å². The number of carbonyl (C=O) groups excluding carboxylic acids is 4. The number of aryl methyl sites for hydroxylation is 1. The number of aromatic nitrogens is 1. The van der Waals surface area contributed by atoms with Crippen molar-refractivity contribution in [1.82, 2.24) is 25.6 Å². The monoisotopic (exact) mass is 580 g/mol. The maximum atomic E-state index is 13.5. The molecule has 0 bridgehead atoms. The molecule has 1 aliphatic heterocycles. The van der Waals surface area contributed by atoms with Crippen LogP contribution in [-0.4, -0.2) is 83.9 Å². The molecule has 4 rings (SSSR count). The third-order valence-electron chi connectivity index (χ3n) is 8.56. The van der Waals surface area contributed by atoms with E-state index in [2.05, 4.69) is 26.0 Å². The van der Waals surface area contributed by atoms with E-state index in [1.807, 2.05) is 37.9 Å². The van der Waals surface area contributed by atoms with Crippen molar-refractivity contribution in [3.8, 4) is 0 Å². The quantitative estimate of drug-likeness (QED) is 0.393. The van der Waals surface area contributed by atoms with Crippen molar-refractivity contribution < 1.29 is 23.7 Å². The molecular weight excluding hydrogens is 536 g/mol. The molecule has 2 aliphatic rings. The Balaban J connectivity index is 1.46. The van der Waals surface area contributed by atoms with Crippen LogP contribution in [0.1, 0.15) is 80.4 Å². The summed E-state index contributed by atoms with van der Waals surface area (Å²) in [5.74, 6) is -1.23. The minimum Gasteiger partial charge on any atom is -0.364 e. The molecule has 1 saturated carbocycles. The lowest BCUT2D eigenvalue weighted by Gasteiger charge is -2.36. The summed E-state index contributed by atoms with van der Waals surface area (Å²) in [5, 5.41) is 12.7. The van der Waals surface area contributed by atoms with E-state index in [9.17, 15) is 19.2 Å². The molecule has 1 aromatic carbocycles. The summed E-state index contributed by atoms with van der Waals surface area (Å²) < 4.78 is 5.00. The van der Waals surface area contributed by atoms with E-state index < -0.39 is 12.1 Å². The zero-order valence-electron chi connectivity index (χ0n) is 25.2. The number of nitrogens with one attached hydrogen (secondary N) is 3. The number of amides is 4. The van der Waals surface area contributed by atoms with Crippen LogP contribution in [0, 0.1) is 5.92 Å². The summed E-state index contributed by atoms with van der Waals surface area (Å²) in [6.45, 7) is 8.07. The molecule has 4 amide bonds. The highest BCUT2D eigenvalue weighted by Gasteiger charge is 2.34. The molecule has 1 aromatic heterocycles. The van der Waals surface area contributed by atoms with Gasteiger partial charge in [0, 0.05) is 44.7 Å². The van der Waals surface area contributed by atoms with Crippen LogP contribution < -0.4 is 16.0 Å². The Hall–Kier alpha value is -3.73. The van der Waals surface area contributed by atoms with E-state index in [-0.39, 0.29) is 35.5 Å². The van der Waals surface area contributed by atoms with Gasteiger partial charge in [-0.05, 0) is 49.9 Å². The van der Waals surface area contributed by atoms with Gasteiger partial charge in [-0.2, -0.15) is 0 Å². The number of anilines is 1. The van der Waals surface area contributed by atoms with E-state index in [4.69, 9.17) is 4.52 Å². The Morgan fingerprint density at radius 3 is 2.29 bits per heavy atom. The van der Waals surface area contributed by atoms with Crippen LogP contribution in [0.2, 0.25) is 0 Å². The molecule has 0 unspecified atom stereocenters. The first-order valence-corrected chi connectivity index (χ1v) is 15.1. The zero-order valence-corrected chi connectivity index (χ0v) is 25.2. The average Bonchev–Trinajstić information content (AvgIpc) is 3.48. The molecule has 2 fully saturated rings. The van der Waals surface area contributed by atoms with Crippen LogP contribution in [0.25, 0.3) is 0 Å². The van der Waals surface area contributed by atoms with Gasteiger partial charge in [-0.3, -0.25) is 19.2 Å². The Morgan fingerprint density at radius 1 is 1.00 bits per heavy atom. The van der Waals surface area contributed by atoms with Crippen LogP contribution in [0.4, 0.5) is 5.69 Å². The molecule has 2 aromatic rings. The van der Waals surface area contributed by atoms with Gasteiger partial charge < -0.3 is 30.3 Å². The van der Waals surface area contributed by atoms with Crippen LogP contribution >= 0.6 is 0 Å². The van der Waals surface area contributed by atoms with Crippen molar-refractivity contribution in [3.05, 3.63) is 47.3 Å². The molecule has 1 saturated heterocycles. The molecule has 3 atom stereocenters. The van der Waals surface area contributed by atoms with Gasteiger partial charge in [0.15, 0.2) is 0 Å². The first-order valence-electron chi connectivity index (χ1n) is 15.1. The fourth-order valence-corrected chi connectivity index (χ4v) is 5.91. The summed E-state index contributed by atoms with van der Waals surface area (Å²) in [5.41, 5.74) is 2.37. The third kappa shape index (κ3) is 7.76. The molecule has 0 radical (unpaired) electrons. The van der Waals surface area contributed by atoms with Crippen molar-refractivity contribution >= 4 is 29.3 Å². The largest absolute Gasteiger partial charge is 0.364 e. The molecule has 1 aliphatic carbocycles. The molecule has 42 heavy (non-hydrogen) atoms. The van der Waals surface area contributed by atoms with Crippen LogP contribution in [-0.2, 0) is 20.8 Å². The highest BCUT2D eigenvalue weighted by molar-refractivity contribution is 6.01.